The summed E-state index contributed by atoms with van der Waals surface area (Å²) in [5.41, 5.74) is 0.938. The number of methoxy groups -OCH3 is 1. The normalized spacial score (nSPS) is 16.9. The van der Waals surface area contributed by atoms with Crippen LogP contribution in [-0.4, -0.2) is 13.1 Å². The maximum atomic E-state index is 11.9. The minimum Gasteiger partial charge on any atom is -0.497 e. The lowest BCUT2D eigenvalue weighted by Crippen LogP contribution is -2.06. The summed E-state index contributed by atoms with van der Waals surface area (Å²) in [5, 5.41) is -0.287. The first-order valence-corrected chi connectivity index (χ1v) is 6.77. The molecule has 1 unspecified atom stereocenters. The number of fused-ring (bicyclic) bond motifs is 1. The quantitative estimate of drug-likeness (QED) is 0.633. The third-order valence-electron chi connectivity index (χ3n) is 2.94. The molecule has 2 aromatic rings. The number of carbonyl (C=O) groups excluding carboxylic acids is 1. The molecule has 1 atom stereocenters. The van der Waals surface area contributed by atoms with E-state index in [0.29, 0.717) is 5.75 Å². The zero-order chi connectivity index (χ0) is 13.2. The molecule has 19 heavy (non-hydrogen) atoms. The lowest BCUT2D eigenvalue weighted by Gasteiger charge is -2.07. The number of benzene rings is 2. The van der Waals surface area contributed by atoms with Crippen LogP contribution in [0, 0.1) is 0 Å². The Morgan fingerprint density at radius 2 is 1.84 bits per heavy atom. The molecule has 0 spiro atoms. The molecule has 3 rings (SSSR count). The van der Waals surface area contributed by atoms with E-state index in [2.05, 4.69) is 0 Å². The second-order valence-electron chi connectivity index (χ2n) is 4.13. The Morgan fingerprint density at radius 1 is 1.11 bits per heavy atom. The third-order valence-corrected chi connectivity index (χ3v) is 4.17. The van der Waals surface area contributed by atoms with Gasteiger partial charge in [-0.25, -0.2) is 0 Å². The number of hydrogen-bond donors (Lipinski definition) is 0. The molecule has 0 saturated carbocycles. The van der Waals surface area contributed by atoms with Crippen molar-refractivity contribution in [3.8, 4) is 11.5 Å². The van der Waals surface area contributed by atoms with Gasteiger partial charge in [0.15, 0.2) is 0 Å². The maximum absolute atomic E-state index is 11.9. The first kappa shape index (κ1) is 12.1. The summed E-state index contributed by atoms with van der Waals surface area (Å²) in [6.45, 7) is 0. The second-order valence-corrected chi connectivity index (χ2v) is 5.31. The second kappa shape index (κ2) is 4.97. The van der Waals surface area contributed by atoms with Crippen LogP contribution in [0.25, 0.3) is 0 Å². The first-order valence-electron chi connectivity index (χ1n) is 5.89. The largest absolute Gasteiger partial charge is 0.497 e. The number of hydrogen-bond acceptors (Lipinski definition) is 4. The minimum absolute atomic E-state index is 0.206. The smallest absolute Gasteiger partial charge is 0.329 e. The summed E-state index contributed by atoms with van der Waals surface area (Å²) >= 11 is 1.49. The molecule has 0 N–H and O–H groups in total. The molecule has 0 aromatic heterocycles. The Bertz CT molecular complexity index is 607. The summed E-state index contributed by atoms with van der Waals surface area (Å²) < 4.78 is 10.4. The highest BCUT2D eigenvalue weighted by Gasteiger charge is 2.33. The van der Waals surface area contributed by atoms with Crippen LogP contribution in [0.2, 0.25) is 0 Å². The number of thioether (sulfide) groups is 1. The molecule has 0 radical (unpaired) electrons. The molecule has 0 saturated heterocycles. The van der Waals surface area contributed by atoms with E-state index in [1.54, 1.807) is 7.11 Å². The molecule has 3 nitrogen and oxygen atoms in total. The molecule has 0 amide bonds. The number of ether oxygens (including phenoxy) is 2. The highest BCUT2D eigenvalue weighted by Crippen LogP contribution is 2.44. The van der Waals surface area contributed by atoms with Gasteiger partial charge in [-0.3, -0.25) is 4.79 Å². The fourth-order valence-corrected chi connectivity index (χ4v) is 3.01. The van der Waals surface area contributed by atoms with Crippen molar-refractivity contribution < 1.29 is 14.3 Å². The minimum atomic E-state index is -0.287. The van der Waals surface area contributed by atoms with Crippen molar-refractivity contribution in [2.75, 3.05) is 7.11 Å². The van der Waals surface area contributed by atoms with E-state index in [1.165, 1.54) is 11.8 Å². The number of esters is 1. The Labute approximate surface area is 115 Å². The summed E-state index contributed by atoms with van der Waals surface area (Å²) in [7, 11) is 1.63. The van der Waals surface area contributed by atoms with E-state index in [1.807, 2.05) is 48.5 Å². The average molecular weight is 272 g/mol. The molecule has 4 heteroatoms. The van der Waals surface area contributed by atoms with Gasteiger partial charge < -0.3 is 9.47 Å². The van der Waals surface area contributed by atoms with Gasteiger partial charge in [-0.2, -0.15) is 0 Å². The SMILES string of the molecule is COc1ccc(SC2C(=O)Oc3ccccc32)cc1. The molecule has 1 aliphatic heterocycles. The van der Waals surface area contributed by atoms with Crippen LogP contribution in [0.1, 0.15) is 10.8 Å². The van der Waals surface area contributed by atoms with Crippen molar-refractivity contribution in [2.24, 2.45) is 0 Å². The van der Waals surface area contributed by atoms with Crippen LogP contribution >= 0.6 is 11.8 Å². The van der Waals surface area contributed by atoms with E-state index in [9.17, 15) is 4.79 Å². The molecule has 2 aromatic carbocycles. The van der Waals surface area contributed by atoms with Gasteiger partial charge in [-0.05, 0) is 30.3 Å². The van der Waals surface area contributed by atoms with E-state index in [-0.39, 0.29) is 11.2 Å². The fourth-order valence-electron chi connectivity index (χ4n) is 1.98. The zero-order valence-corrected chi connectivity index (χ0v) is 11.1. The Balaban J connectivity index is 1.84. The summed E-state index contributed by atoms with van der Waals surface area (Å²) in [4.78, 5) is 12.9. The van der Waals surface area contributed by atoms with E-state index in [0.717, 1.165) is 16.2 Å². The van der Waals surface area contributed by atoms with Gasteiger partial charge in [-0.15, -0.1) is 11.8 Å². The van der Waals surface area contributed by atoms with Crippen molar-refractivity contribution in [2.45, 2.75) is 10.1 Å². The van der Waals surface area contributed by atoms with Crippen molar-refractivity contribution >= 4 is 17.7 Å². The van der Waals surface area contributed by atoms with Crippen LogP contribution in [0.5, 0.6) is 11.5 Å². The molecular formula is C15H12O3S. The number of rotatable bonds is 3. The van der Waals surface area contributed by atoms with Crippen LogP contribution in [0.4, 0.5) is 0 Å². The molecule has 1 aliphatic rings. The van der Waals surface area contributed by atoms with Crippen molar-refractivity contribution in [1.82, 2.24) is 0 Å². The van der Waals surface area contributed by atoms with Gasteiger partial charge >= 0.3 is 5.97 Å². The summed E-state index contributed by atoms with van der Waals surface area (Å²) in [6.07, 6.45) is 0. The topological polar surface area (TPSA) is 35.5 Å². The highest BCUT2D eigenvalue weighted by atomic mass is 32.2. The molecular weight excluding hydrogens is 260 g/mol. The van der Waals surface area contributed by atoms with Crippen molar-refractivity contribution in [3.63, 3.8) is 0 Å². The molecule has 96 valence electrons. The fraction of sp³-hybridized carbons (Fsp3) is 0.133. The van der Waals surface area contributed by atoms with E-state index in [4.69, 9.17) is 9.47 Å². The van der Waals surface area contributed by atoms with Gasteiger partial charge in [0.05, 0.1) is 7.11 Å². The zero-order valence-electron chi connectivity index (χ0n) is 10.3. The average Bonchev–Trinajstić information content (AvgIpc) is 2.76. The first-order chi connectivity index (χ1) is 9.28. The van der Waals surface area contributed by atoms with Crippen molar-refractivity contribution in [3.05, 3.63) is 54.1 Å². The van der Waals surface area contributed by atoms with E-state index < -0.39 is 0 Å². The molecule has 0 aliphatic carbocycles. The third kappa shape index (κ3) is 2.31. The van der Waals surface area contributed by atoms with E-state index >= 15 is 0 Å². The molecule has 0 bridgehead atoms. The van der Waals surface area contributed by atoms with Gasteiger partial charge in [0.2, 0.25) is 0 Å². The number of para-hydroxylation sites is 1. The van der Waals surface area contributed by atoms with Gasteiger partial charge in [0.1, 0.15) is 16.7 Å². The Kier molecular flexibility index (Phi) is 3.17. The Morgan fingerprint density at radius 3 is 2.58 bits per heavy atom. The lowest BCUT2D eigenvalue weighted by atomic mass is 10.2. The van der Waals surface area contributed by atoms with Crippen LogP contribution in [0.3, 0.4) is 0 Å². The van der Waals surface area contributed by atoms with Crippen LogP contribution in [0.15, 0.2) is 53.4 Å². The van der Waals surface area contributed by atoms with Crippen LogP contribution in [-0.2, 0) is 4.79 Å². The summed E-state index contributed by atoms with van der Waals surface area (Å²) in [6, 6.07) is 15.2. The van der Waals surface area contributed by atoms with Gasteiger partial charge in [0.25, 0.3) is 0 Å². The van der Waals surface area contributed by atoms with Gasteiger partial charge in [-0.1, -0.05) is 18.2 Å². The van der Waals surface area contributed by atoms with Crippen molar-refractivity contribution in [1.29, 1.82) is 0 Å². The monoisotopic (exact) mass is 272 g/mol. The predicted molar refractivity (Wildman–Crippen MR) is 73.7 cm³/mol. The Hall–Kier alpha value is -1.94. The lowest BCUT2D eigenvalue weighted by molar-refractivity contribution is -0.132. The number of carbonyl (C=O) groups is 1. The molecule has 0 fully saturated rings. The summed E-state index contributed by atoms with van der Waals surface area (Å²) in [5.74, 6) is 1.26. The standard InChI is InChI=1S/C15H12O3S/c1-17-10-6-8-11(9-7-10)19-14-12-4-2-3-5-13(12)18-15(14)16/h2-9,14H,1H3. The highest BCUT2D eigenvalue weighted by molar-refractivity contribution is 8.00. The molecule has 1 heterocycles. The van der Waals surface area contributed by atoms with Gasteiger partial charge in [0, 0.05) is 10.5 Å². The van der Waals surface area contributed by atoms with Crippen LogP contribution < -0.4 is 9.47 Å². The maximum Gasteiger partial charge on any atom is 0.329 e. The predicted octanol–water partition coefficient (Wildman–Crippen LogP) is 3.45.